The van der Waals surface area contributed by atoms with Gasteiger partial charge < -0.3 is 9.47 Å². The fraction of sp³-hybridized carbons (Fsp3) is 0.174. The molecule has 0 aromatic heterocycles. The number of hydrogen-bond acceptors (Lipinski definition) is 4. The summed E-state index contributed by atoms with van der Waals surface area (Å²) in [5, 5.41) is 8.06. The Morgan fingerprint density at radius 1 is 1.03 bits per heavy atom. The van der Waals surface area contributed by atoms with Crippen LogP contribution in [0.3, 0.4) is 0 Å². The van der Waals surface area contributed by atoms with E-state index in [-0.39, 0.29) is 6.04 Å². The van der Waals surface area contributed by atoms with Crippen LogP contribution in [-0.2, 0) is 0 Å². The lowest BCUT2D eigenvalue weighted by atomic mass is 9.96. The Labute approximate surface area is 179 Å². The summed E-state index contributed by atoms with van der Waals surface area (Å²) in [6.07, 6.45) is 0.363. The van der Waals surface area contributed by atoms with Crippen LogP contribution >= 0.6 is 23.2 Å². The summed E-state index contributed by atoms with van der Waals surface area (Å²) in [5.74, 6) is 1.46. The van der Waals surface area contributed by atoms with E-state index in [1.807, 2.05) is 53.5 Å². The highest BCUT2D eigenvalue weighted by molar-refractivity contribution is 6.35. The predicted molar refractivity (Wildman–Crippen MR) is 115 cm³/mol. The van der Waals surface area contributed by atoms with Crippen LogP contribution in [0.25, 0.3) is 0 Å². The molecule has 0 amide bonds. The van der Waals surface area contributed by atoms with Gasteiger partial charge in [0.05, 0.1) is 23.9 Å². The van der Waals surface area contributed by atoms with E-state index in [1.54, 1.807) is 13.2 Å². The van der Waals surface area contributed by atoms with Crippen LogP contribution < -0.4 is 9.47 Å². The quantitative estimate of drug-likeness (QED) is 0.498. The normalized spacial score (nSPS) is 19.8. The number of ether oxygens (including phenoxy) is 2. The van der Waals surface area contributed by atoms with Gasteiger partial charge in [-0.1, -0.05) is 53.5 Å². The molecule has 0 N–H and O–H groups in total. The summed E-state index contributed by atoms with van der Waals surface area (Å²) in [7, 11) is 1.65. The van der Waals surface area contributed by atoms with Crippen LogP contribution in [0.5, 0.6) is 11.5 Å². The predicted octanol–water partition coefficient (Wildman–Crippen LogP) is 6.24. The van der Waals surface area contributed by atoms with Gasteiger partial charge in [-0.3, -0.25) is 0 Å². The molecular weight excluding hydrogens is 407 g/mol. The van der Waals surface area contributed by atoms with Gasteiger partial charge in [-0.05, 0) is 42.0 Å². The van der Waals surface area contributed by atoms with Crippen molar-refractivity contribution in [1.29, 1.82) is 0 Å². The van der Waals surface area contributed by atoms with Crippen LogP contribution in [0.2, 0.25) is 10.0 Å². The lowest BCUT2D eigenvalue weighted by Crippen LogP contribution is -2.33. The minimum absolute atomic E-state index is 0.00254. The van der Waals surface area contributed by atoms with E-state index in [4.69, 9.17) is 37.8 Å². The molecule has 2 atom stereocenters. The van der Waals surface area contributed by atoms with Crippen molar-refractivity contribution in [2.75, 3.05) is 7.11 Å². The highest BCUT2D eigenvalue weighted by atomic mass is 35.5. The Morgan fingerprint density at radius 3 is 2.52 bits per heavy atom. The van der Waals surface area contributed by atoms with Crippen molar-refractivity contribution < 1.29 is 9.47 Å². The summed E-state index contributed by atoms with van der Waals surface area (Å²) >= 11 is 12.8. The lowest BCUT2D eigenvalue weighted by molar-refractivity contribution is -0.0189. The molecule has 29 heavy (non-hydrogen) atoms. The average Bonchev–Trinajstić information content (AvgIpc) is 3.20. The molecule has 0 bridgehead atoms. The number of halogens is 2. The molecule has 2 aliphatic heterocycles. The van der Waals surface area contributed by atoms with Gasteiger partial charge in [-0.25, -0.2) is 5.01 Å². The summed E-state index contributed by atoms with van der Waals surface area (Å²) in [4.78, 5) is 0. The molecule has 3 aromatic rings. The first kappa shape index (κ1) is 18.3. The fourth-order valence-corrected chi connectivity index (χ4v) is 4.46. The maximum absolute atomic E-state index is 6.51. The van der Waals surface area contributed by atoms with Crippen molar-refractivity contribution in [3.8, 4) is 11.5 Å². The van der Waals surface area contributed by atoms with Crippen molar-refractivity contribution in [3.63, 3.8) is 0 Å². The second-order valence-electron chi connectivity index (χ2n) is 7.06. The van der Waals surface area contributed by atoms with E-state index < -0.39 is 6.23 Å². The monoisotopic (exact) mass is 424 g/mol. The number of fused-ring (bicyclic) bond motifs is 3. The van der Waals surface area contributed by atoms with Gasteiger partial charge >= 0.3 is 0 Å². The number of rotatable bonds is 3. The highest BCUT2D eigenvalue weighted by Gasteiger charge is 2.42. The summed E-state index contributed by atoms with van der Waals surface area (Å²) in [6.45, 7) is 0. The van der Waals surface area contributed by atoms with Crippen molar-refractivity contribution in [2.45, 2.75) is 18.7 Å². The topological polar surface area (TPSA) is 34.1 Å². The number of hydrogen-bond donors (Lipinski definition) is 0. The third kappa shape index (κ3) is 3.22. The first-order valence-electron chi connectivity index (χ1n) is 9.35. The molecule has 0 aliphatic carbocycles. The molecule has 0 radical (unpaired) electrons. The Kier molecular flexibility index (Phi) is 4.61. The Morgan fingerprint density at radius 2 is 1.79 bits per heavy atom. The number of benzene rings is 3. The van der Waals surface area contributed by atoms with E-state index in [0.29, 0.717) is 15.8 Å². The summed E-state index contributed by atoms with van der Waals surface area (Å²) < 4.78 is 11.7. The average molecular weight is 425 g/mol. The van der Waals surface area contributed by atoms with Gasteiger partial charge in [0.1, 0.15) is 11.5 Å². The van der Waals surface area contributed by atoms with Gasteiger partial charge in [0, 0.05) is 22.6 Å². The summed E-state index contributed by atoms with van der Waals surface area (Å²) in [5.41, 5.74) is 4.05. The molecule has 146 valence electrons. The zero-order valence-electron chi connectivity index (χ0n) is 15.7. The first-order valence-corrected chi connectivity index (χ1v) is 10.1. The number of methoxy groups -OCH3 is 1. The van der Waals surface area contributed by atoms with Crippen molar-refractivity contribution in [1.82, 2.24) is 5.01 Å². The first-order chi connectivity index (χ1) is 14.1. The standard InChI is InChI=1S/C23H18Cl2N2O2/c1-28-17-9-7-15(8-10-17)23-27-21(13-20(26-27)14-5-3-2-4-6-14)18-11-16(24)12-19(25)22(18)29-23/h2-12,21,23H,13H2,1H3/t21-,23-/m0/s1. The van der Waals surface area contributed by atoms with Gasteiger partial charge in [0.15, 0.2) is 0 Å². The Balaban J connectivity index is 1.61. The SMILES string of the molecule is COc1ccc([C@@H]2Oc3c(Cl)cc(Cl)cc3[C@@H]3CC(c4ccccc4)=NN32)cc1. The molecule has 0 spiro atoms. The van der Waals surface area contributed by atoms with E-state index >= 15 is 0 Å². The highest BCUT2D eigenvalue weighted by Crippen LogP contribution is 2.50. The Hall–Kier alpha value is -2.69. The van der Waals surface area contributed by atoms with Crippen LogP contribution in [0.15, 0.2) is 71.8 Å². The molecule has 0 saturated carbocycles. The van der Waals surface area contributed by atoms with Gasteiger partial charge in [0.2, 0.25) is 6.23 Å². The maximum Gasteiger partial charge on any atom is 0.213 e. The molecule has 0 unspecified atom stereocenters. The molecule has 5 rings (SSSR count). The largest absolute Gasteiger partial charge is 0.497 e. The molecule has 2 heterocycles. The second-order valence-corrected chi connectivity index (χ2v) is 7.91. The zero-order valence-corrected chi connectivity index (χ0v) is 17.2. The van der Waals surface area contributed by atoms with Crippen LogP contribution in [-0.4, -0.2) is 17.8 Å². The van der Waals surface area contributed by atoms with Gasteiger partial charge in [-0.15, -0.1) is 0 Å². The molecule has 3 aromatic carbocycles. The van der Waals surface area contributed by atoms with Gasteiger partial charge in [0.25, 0.3) is 0 Å². The molecular formula is C23H18Cl2N2O2. The summed E-state index contributed by atoms with van der Waals surface area (Å²) in [6, 6.07) is 21.7. The van der Waals surface area contributed by atoms with Crippen molar-refractivity contribution in [3.05, 3.63) is 93.5 Å². The van der Waals surface area contributed by atoms with Crippen LogP contribution in [0.1, 0.15) is 35.4 Å². The molecule has 6 heteroatoms. The number of nitrogens with zero attached hydrogens (tertiary/aromatic N) is 2. The van der Waals surface area contributed by atoms with E-state index in [9.17, 15) is 0 Å². The van der Waals surface area contributed by atoms with E-state index in [2.05, 4.69) is 12.1 Å². The van der Waals surface area contributed by atoms with Gasteiger partial charge in [-0.2, -0.15) is 5.10 Å². The van der Waals surface area contributed by atoms with Crippen molar-refractivity contribution in [2.24, 2.45) is 5.10 Å². The number of hydrazone groups is 1. The third-order valence-corrected chi connectivity index (χ3v) is 5.82. The molecule has 0 saturated heterocycles. The smallest absolute Gasteiger partial charge is 0.213 e. The lowest BCUT2D eigenvalue weighted by Gasteiger charge is -2.38. The fourth-order valence-electron chi connectivity index (χ4n) is 3.91. The van der Waals surface area contributed by atoms with Crippen LogP contribution in [0, 0.1) is 0 Å². The maximum atomic E-state index is 6.51. The second kappa shape index (κ2) is 7.29. The van der Waals surface area contributed by atoms with E-state index in [0.717, 1.165) is 34.6 Å². The minimum Gasteiger partial charge on any atom is -0.497 e. The molecule has 4 nitrogen and oxygen atoms in total. The Bertz CT molecular complexity index is 1080. The minimum atomic E-state index is -0.390. The van der Waals surface area contributed by atoms with Crippen LogP contribution in [0.4, 0.5) is 0 Å². The zero-order chi connectivity index (χ0) is 20.0. The van der Waals surface area contributed by atoms with E-state index in [1.165, 1.54) is 0 Å². The van der Waals surface area contributed by atoms with Crippen molar-refractivity contribution >= 4 is 28.9 Å². The molecule has 0 fully saturated rings. The third-order valence-electron chi connectivity index (χ3n) is 5.32. The molecule has 2 aliphatic rings.